The third-order valence-electron chi connectivity index (χ3n) is 4.72. The summed E-state index contributed by atoms with van der Waals surface area (Å²) >= 11 is 0. The molecule has 1 atom stereocenters. The summed E-state index contributed by atoms with van der Waals surface area (Å²) in [6.07, 6.45) is 1.70. The molecule has 26 heavy (non-hydrogen) atoms. The number of aromatic amines is 1. The van der Waals surface area contributed by atoms with E-state index in [1.165, 1.54) is 0 Å². The Labute approximate surface area is 147 Å². The van der Waals surface area contributed by atoms with Crippen molar-refractivity contribution in [2.75, 3.05) is 4.90 Å². The van der Waals surface area contributed by atoms with Crippen molar-refractivity contribution in [3.8, 4) is 0 Å². The van der Waals surface area contributed by atoms with E-state index in [1.54, 1.807) is 6.33 Å². The van der Waals surface area contributed by atoms with E-state index in [0.29, 0.717) is 18.5 Å². The quantitative estimate of drug-likeness (QED) is 0.525. The van der Waals surface area contributed by atoms with Gasteiger partial charge < -0.3 is 18.7 Å². The molecule has 1 aliphatic heterocycles. The van der Waals surface area contributed by atoms with Gasteiger partial charge in [-0.2, -0.15) is 4.98 Å². The zero-order valence-corrected chi connectivity index (χ0v) is 13.6. The molecule has 3 aromatic heterocycles. The van der Waals surface area contributed by atoms with Crippen LogP contribution in [-0.2, 0) is 6.54 Å². The lowest BCUT2D eigenvalue weighted by Gasteiger charge is -2.19. The maximum atomic E-state index is 6.03. The average Bonchev–Trinajstić information content (AvgIpc) is 3.41. The number of oxazole rings is 2. The van der Waals surface area contributed by atoms with Crippen LogP contribution < -0.4 is 4.90 Å². The van der Waals surface area contributed by atoms with Crippen molar-refractivity contribution >= 4 is 28.2 Å². The molecule has 126 valence electrons. The minimum atomic E-state index is -0.281. The molecular weight excluding hydrogens is 330 g/mol. The SMILES string of the molecule is c1ccc2oc(C3c4nc[nH]c4CN3c3nc4ccccc4o3)nc2c1. The monoisotopic (exact) mass is 343 g/mol. The van der Waals surface area contributed by atoms with E-state index >= 15 is 0 Å². The van der Waals surface area contributed by atoms with E-state index in [9.17, 15) is 0 Å². The summed E-state index contributed by atoms with van der Waals surface area (Å²) in [6, 6.07) is 15.7. The van der Waals surface area contributed by atoms with Gasteiger partial charge in [0, 0.05) is 0 Å². The molecule has 1 unspecified atom stereocenters. The molecular formula is C19H13N5O2. The van der Waals surface area contributed by atoms with Gasteiger partial charge in [-0.15, -0.1) is 0 Å². The van der Waals surface area contributed by atoms with E-state index in [2.05, 4.69) is 19.9 Å². The summed E-state index contributed by atoms with van der Waals surface area (Å²) in [5.74, 6) is 0.583. The van der Waals surface area contributed by atoms with Crippen molar-refractivity contribution in [2.24, 2.45) is 0 Å². The molecule has 5 aromatic rings. The van der Waals surface area contributed by atoms with E-state index < -0.39 is 0 Å². The Bertz CT molecular complexity index is 1190. The Morgan fingerprint density at radius 2 is 1.65 bits per heavy atom. The smallest absolute Gasteiger partial charge is 0.299 e. The van der Waals surface area contributed by atoms with Crippen LogP contribution in [0.25, 0.3) is 22.2 Å². The highest BCUT2D eigenvalue weighted by Gasteiger charge is 2.40. The number of imidazole rings is 1. The second-order valence-corrected chi connectivity index (χ2v) is 6.28. The summed E-state index contributed by atoms with van der Waals surface area (Å²) in [7, 11) is 0. The number of anilines is 1. The number of nitrogens with one attached hydrogen (secondary N) is 1. The van der Waals surface area contributed by atoms with Gasteiger partial charge in [-0.3, -0.25) is 0 Å². The van der Waals surface area contributed by atoms with E-state index in [1.807, 2.05) is 53.4 Å². The van der Waals surface area contributed by atoms with Crippen molar-refractivity contribution in [2.45, 2.75) is 12.6 Å². The lowest BCUT2D eigenvalue weighted by atomic mass is 10.2. The molecule has 7 heteroatoms. The molecule has 0 bridgehead atoms. The molecule has 2 aromatic carbocycles. The molecule has 0 spiro atoms. The van der Waals surface area contributed by atoms with Crippen molar-refractivity contribution in [3.63, 3.8) is 0 Å². The van der Waals surface area contributed by atoms with Crippen LogP contribution in [0.1, 0.15) is 23.3 Å². The Hall–Kier alpha value is -3.61. The van der Waals surface area contributed by atoms with Gasteiger partial charge in [0.2, 0.25) is 5.89 Å². The predicted octanol–water partition coefficient (Wildman–Crippen LogP) is 3.80. The lowest BCUT2D eigenvalue weighted by Crippen LogP contribution is -2.23. The van der Waals surface area contributed by atoms with Crippen LogP contribution in [0.15, 0.2) is 63.7 Å². The van der Waals surface area contributed by atoms with Crippen molar-refractivity contribution < 1.29 is 8.83 Å². The number of nitrogens with zero attached hydrogens (tertiary/aromatic N) is 4. The van der Waals surface area contributed by atoms with Gasteiger partial charge >= 0.3 is 0 Å². The molecule has 0 fully saturated rings. The van der Waals surface area contributed by atoms with Crippen molar-refractivity contribution in [3.05, 3.63) is 72.1 Å². The molecule has 1 N–H and O–H groups in total. The first-order chi connectivity index (χ1) is 12.9. The summed E-state index contributed by atoms with van der Waals surface area (Å²) in [6.45, 7) is 0.603. The number of fused-ring (bicyclic) bond motifs is 3. The molecule has 7 nitrogen and oxygen atoms in total. The largest absolute Gasteiger partial charge is 0.438 e. The number of hydrogen-bond acceptors (Lipinski definition) is 6. The highest BCUT2D eigenvalue weighted by molar-refractivity contribution is 5.75. The topological polar surface area (TPSA) is 84.0 Å². The zero-order valence-electron chi connectivity index (χ0n) is 13.6. The van der Waals surface area contributed by atoms with E-state index in [4.69, 9.17) is 8.83 Å². The van der Waals surface area contributed by atoms with Crippen LogP contribution in [0.5, 0.6) is 0 Å². The Balaban J connectivity index is 1.52. The van der Waals surface area contributed by atoms with Gasteiger partial charge in [0.05, 0.1) is 24.3 Å². The molecule has 0 radical (unpaired) electrons. The standard InChI is InChI=1S/C19H13N5O2/c1-3-7-14-11(5-1)22-18(25-14)17-16-13(20-10-21-16)9-24(17)19-23-12-6-2-4-8-15(12)26-19/h1-8,10,17H,9H2,(H,20,21). The van der Waals surface area contributed by atoms with Crippen LogP contribution in [0.2, 0.25) is 0 Å². The normalized spacial score (nSPS) is 16.6. The summed E-state index contributed by atoms with van der Waals surface area (Å²) < 4.78 is 12.0. The van der Waals surface area contributed by atoms with E-state index in [0.717, 1.165) is 33.6 Å². The average molecular weight is 343 g/mol. The summed E-state index contributed by atoms with van der Waals surface area (Å²) in [5.41, 5.74) is 5.05. The van der Waals surface area contributed by atoms with Crippen LogP contribution in [0.3, 0.4) is 0 Å². The van der Waals surface area contributed by atoms with Crippen molar-refractivity contribution in [1.82, 2.24) is 19.9 Å². The van der Waals surface area contributed by atoms with Gasteiger partial charge in [0.15, 0.2) is 17.2 Å². The predicted molar refractivity (Wildman–Crippen MR) is 94.6 cm³/mol. The summed E-state index contributed by atoms with van der Waals surface area (Å²) in [5, 5.41) is 0. The molecule has 0 saturated carbocycles. The van der Waals surface area contributed by atoms with Crippen LogP contribution in [-0.4, -0.2) is 19.9 Å². The van der Waals surface area contributed by atoms with Crippen LogP contribution >= 0.6 is 0 Å². The fourth-order valence-electron chi connectivity index (χ4n) is 3.52. The second kappa shape index (κ2) is 4.95. The summed E-state index contributed by atoms with van der Waals surface area (Å²) in [4.78, 5) is 19.0. The highest BCUT2D eigenvalue weighted by atomic mass is 16.4. The third-order valence-corrected chi connectivity index (χ3v) is 4.72. The number of benzene rings is 2. The first-order valence-electron chi connectivity index (χ1n) is 8.37. The number of para-hydroxylation sites is 4. The van der Waals surface area contributed by atoms with Gasteiger partial charge in [-0.05, 0) is 24.3 Å². The van der Waals surface area contributed by atoms with Gasteiger partial charge in [0.25, 0.3) is 6.01 Å². The maximum Gasteiger partial charge on any atom is 0.299 e. The number of hydrogen-bond donors (Lipinski definition) is 1. The molecule has 4 heterocycles. The molecule has 1 aliphatic rings. The van der Waals surface area contributed by atoms with Gasteiger partial charge in [-0.25, -0.2) is 9.97 Å². The first kappa shape index (κ1) is 13.7. The molecule has 0 aliphatic carbocycles. The van der Waals surface area contributed by atoms with Crippen LogP contribution in [0, 0.1) is 0 Å². The Morgan fingerprint density at radius 3 is 2.42 bits per heavy atom. The maximum absolute atomic E-state index is 6.03. The number of rotatable bonds is 2. The Morgan fingerprint density at radius 1 is 0.923 bits per heavy atom. The first-order valence-corrected chi connectivity index (χ1v) is 8.37. The molecule has 0 amide bonds. The van der Waals surface area contributed by atoms with E-state index in [-0.39, 0.29) is 6.04 Å². The van der Waals surface area contributed by atoms with Crippen molar-refractivity contribution in [1.29, 1.82) is 0 Å². The Kier molecular flexibility index (Phi) is 2.60. The third kappa shape index (κ3) is 1.85. The second-order valence-electron chi connectivity index (χ2n) is 6.28. The molecule has 6 rings (SSSR count). The van der Waals surface area contributed by atoms with Crippen LogP contribution in [0.4, 0.5) is 6.01 Å². The molecule has 0 saturated heterocycles. The van der Waals surface area contributed by atoms with Gasteiger partial charge in [-0.1, -0.05) is 24.3 Å². The van der Waals surface area contributed by atoms with Gasteiger partial charge in [0.1, 0.15) is 11.0 Å². The number of H-pyrrole nitrogens is 1. The fourth-order valence-corrected chi connectivity index (χ4v) is 3.52. The number of aromatic nitrogens is 4. The minimum Gasteiger partial charge on any atom is -0.438 e. The minimum absolute atomic E-state index is 0.281. The highest BCUT2D eigenvalue weighted by Crippen LogP contribution is 2.40. The zero-order chi connectivity index (χ0) is 17.1. The fraction of sp³-hybridized carbons (Fsp3) is 0.105. The lowest BCUT2D eigenvalue weighted by molar-refractivity contribution is 0.470.